The van der Waals surface area contributed by atoms with Gasteiger partial charge in [0, 0.05) is 19.3 Å². The van der Waals surface area contributed by atoms with Crippen molar-refractivity contribution in [3.63, 3.8) is 0 Å². The molecule has 0 saturated heterocycles. The molecule has 0 radical (unpaired) electrons. The number of rotatable bonds is 5. The largest absolute Gasteiger partial charge is 0.378 e. The smallest absolute Gasteiger partial charge is 0.160 e. The first kappa shape index (κ1) is 12.0. The van der Waals surface area contributed by atoms with Crippen molar-refractivity contribution in [1.29, 1.82) is 0 Å². The van der Waals surface area contributed by atoms with Gasteiger partial charge in [0.1, 0.15) is 11.3 Å². The van der Waals surface area contributed by atoms with Crippen LogP contribution in [0.25, 0.3) is 11.2 Å². The molecule has 0 fully saturated rings. The molecule has 2 aromatic rings. The summed E-state index contributed by atoms with van der Waals surface area (Å²) in [7, 11) is 0. The van der Waals surface area contributed by atoms with Crippen LogP contribution in [-0.4, -0.2) is 34.3 Å². The molecule has 0 bridgehead atoms. The van der Waals surface area contributed by atoms with E-state index < -0.39 is 0 Å². The predicted octanol–water partition coefficient (Wildman–Crippen LogP) is 1.02. The summed E-state index contributed by atoms with van der Waals surface area (Å²) in [5.41, 5.74) is 8.36. The maximum Gasteiger partial charge on any atom is 0.160 e. The van der Waals surface area contributed by atoms with Crippen LogP contribution in [0, 0.1) is 13.8 Å². The molecule has 0 aliphatic rings. The Labute approximate surface area is 101 Å². The second kappa shape index (κ2) is 5.25. The molecule has 0 amide bonds. The highest BCUT2D eigenvalue weighted by Gasteiger charge is 2.08. The third kappa shape index (κ3) is 2.62. The molecule has 2 N–H and O–H groups in total. The van der Waals surface area contributed by atoms with E-state index in [1.54, 1.807) is 0 Å². The fourth-order valence-corrected chi connectivity index (χ4v) is 1.83. The summed E-state index contributed by atoms with van der Waals surface area (Å²) in [6.07, 6.45) is 1.86. The van der Waals surface area contributed by atoms with Crippen LogP contribution >= 0.6 is 0 Å². The molecular formula is C12H18N4O. The van der Waals surface area contributed by atoms with Crippen molar-refractivity contribution in [3.05, 3.63) is 23.7 Å². The highest BCUT2D eigenvalue weighted by Crippen LogP contribution is 2.14. The lowest BCUT2D eigenvalue weighted by Crippen LogP contribution is -2.13. The number of aromatic nitrogens is 3. The molecule has 0 saturated carbocycles. The minimum atomic E-state index is 0.557. The zero-order chi connectivity index (χ0) is 12.3. The number of nitrogens with two attached hydrogens (primary N) is 1. The van der Waals surface area contributed by atoms with Crippen molar-refractivity contribution in [2.45, 2.75) is 20.4 Å². The molecule has 0 aromatic carbocycles. The first-order valence-electron chi connectivity index (χ1n) is 5.79. The van der Waals surface area contributed by atoms with Gasteiger partial charge in [0.2, 0.25) is 0 Å². The minimum absolute atomic E-state index is 0.557. The predicted molar refractivity (Wildman–Crippen MR) is 66.9 cm³/mol. The van der Waals surface area contributed by atoms with Crippen LogP contribution in [-0.2, 0) is 11.3 Å². The quantitative estimate of drug-likeness (QED) is 0.784. The molecular weight excluding hydrogens is 216 g/mol. The Hall–Kier alpha value is -1.46. The highest BCUT2D eigenvalue weighted by molar-refractivity contribution is 5.72. The number of pyridine rings is 1. The highest BCUT2D eigenvalue weighted by atomic mass is 16.5. The Balaban J connectivity index is 2.18. The summed E-state index contributed by atoms with van der Waals surface area (Å²) in [6, 6.07) is 2.05. The van der Waals surface area contributed by atoms with E-state index >= 15 is 0 Å². The molecule has 2 aromatic heterocycles. The van der Waals surface area contributed by atoms with Crippen LogP contribution in [0.15, 0.2) is 12.3 Å². The molecule has 2 rings (SSSR count). The van der Waals surface area contributed by atoms with E-state index in [0.29, 0.717) is 19.8 Å². The van der Waals surface area contributed by atoms with Gasteiger partial charge in [-0.3, -0.25) is 0 Å². The number of ether oxygens (including phenoxy) is 1. The summed E-state index contributed by atoms with van der Waals surface area (Å²) in [5, 5.41) is 0. The van der Waals surface area contributed by atoms with Crippen molar-refractivity contribution in [2.24, 2.45) is 5.73 Å². The number of hydrogen-bond donors (Lipinski definition) is 1. The Kier molecular flexibility index (Phi) is 3.71. The van der Waals surface area contributed by atoms with E-state index in [1.165, 1.54) is 0 Å². The zero-order valence-electron chi connectivity index (χ0n) is 10.3. The first-order chi connectivity index (χ1) is 8.22. The summed E-state index contributed by atoms with van der Waals surface area (Å²) in [5.74, 6) is 0.967. The Morgan fingerprint density at radius 3 is 2.94 bits per heavy atom. The van der Waals surface area contributed by atoms with Crippen LogP contribution in [0.4, 0.5) is 0 Å². The Morgan fingerprint density at radius 2 is 2.18 bits per heavy atom. The summed E-state index contributed by atoms with van der Waals surface area (Å²) in [4.78, 5) is 8.91. The van der Waals surface area contributed by atoms with Crippen LogP contribution in [0.2, 0.25) is 0 Å². The number of imidazole rings is 1. The summed E-state index contributed by atoms with van der Waals surface area (Å²) < 4.78 is 7.46. The first-order valence-corrected chi connectivity index (χ1v) is 5.79. The average molecular weight is 234 g/mol. The molecule has 5 nitrogen and oxygen atoms in total. The Bertz CT molecular complexity index is 506. The van der Waals surface area contributed by atoms with E-state index in [-0.39, 0.29) is 0 Å². The molecule has 0 atom stereocenters. The SMILES string of the molecule is Cc1cnc2c(c1)nc(C)n2CCOCCN. The third-order valence-electron chi connectivity index (χ3n) is 2.63. The second-order valence-electron chi connectivity index (χ2n) is 4.07. The third-order valence-corrected chi connectivity index (χ3v) is 2.63. The van der Waals surface area contributed by atoms with Gasteiger partial charge in [-0.05, 0) is 25.5 Å². The normalized spacial score (nSPS) is 11.2. The molecule has 2 heterocycles. The second-order valence-corrected chi connectivity index (χ2v) is 4.07. The molecule has 0 aliphatic heterocycles. The van der Waals surface area contributed by atoms with Crippen LogP contribution < -0.4 is 5.73 Å². The maximum atomic E-state index is 5.38. The summed E-state index contributed by atoms with van der Waals surface area (Å²) in [6.45, 7) is 6.56. The molecule has 92 valence electrons. The summed E-state index contributed by atoms with van der Waals surface area (Å²) >= 11 is 0. The van der Waals surface area contributed by atoms with Gasteiger partial charge in [-0.2, -0.15) is 0 Å². The molecule has 17 heavy (non-hydrogen) atoms. The number of aryl methyl sites for hydroxylation is 2. The topological polar surface area (TPSA) is 66.0 Å². The minimum Gasteiger partial charge on any atom is -0.378 e. The van der Waals surface area contributed by atoms with Gasteiger partial charge >= 0.3 is 0 Å². The van der Waals surface area contributed by atoms with Gasteiger partial charge in [-0.25, -0.2) is 9.97 Å². The van der Waals surface area contributed by atoms with E-state index in [9.17, 15) is 0 Å². The molecule has 0 spiro atoms. The van der Waals surface area contributed by atoms with Gasteiger partial charge in [0.15, 0.2) is 5.65 Å². The number of fused-ring (bicyclic) bond motifs is 1. The van der Waals surface area contributed by atoms with E-state index in [4.69, 9.17) is 10.5 Å². The lowest BCUT2D eigenvalue weighted by molar-refractivity contribution is 0.133. The van der Waals surface area contributed by atoms with Gasteiger partial charge in [0.05, 0.1) is 13.2 Å². The van der Waals surface area contributed by atoms with E-state index in [0.717, 1.165) is 29.1 Å². The van der Waals surface area contributed by atoms with Crippen molar-refractivity contribution < 1.29 is 4.74 Å². The molecule has 0 unspecified atom stereocenters. The molecule has 5 heteroatoms. The van der Waals surface area contributed by atoms with E-state index in [1.807, 2.05) is 26.1 Å². The lowest BCUT2D eigenvalue weighted by atomic mass is 10.3. The van der Waals surface area contributed by atoms with Gasteiger partial charge in [0.25, 0.3) is 0 Å². The van der Waals surface area contributed by atoms with Gasteiger partial charge in [-0.1, -0.05) is 0 Å². The van der Waals surface area contributed by atoms with Crippen LogP contribution in [0.5, 0.6) is 0 Å². The maximum absolute atomic E-state index is 5.38. The fraction of sp³-hybridized carbons (Fsp3) is 0.500. The van der Waals surface area contributed by atoms with Crippen LogP contribution in [0.3, 0.4) is 0 Å². The standard InChI is InChI=1S/C12H18N4O/c1-9-7-11-12(14-8-9)16(10(2)15-11)4-6-17-5-3-13/h7-8H,3-6,13H2,1-2H3. The Morgan fingerprint density at radius 1 is 1.35 bits per heavy atom. The van der Waals surface area contributed by atoms with Crippen molar-refractivity contribution in [2.75, 3.05) is 19.8 Å². The van der Waals surface area contributed by atoms with Crippen LogP contribution in [0.1, 0.15) is 11.4 Å². The number of nitrogens with zero attached hydrogens (tertiary/aromatic N) is 3. The zero-order valence-corrected chi connectivity index (χ0v) is 10.3. The van der Waals surface area contributed by atoms with E-state index in [2.05, 4.69) is 14.5 Å². The van der Waals surface area contributed by atoms with Crippen molar-refractivity contribution >= 4 is 11.2 Å². The van der Waals surface area contributed by atoms with Crippen molar-refractivity contribution in [3.8, 4) is 0 Å². The molecule has 0 aliphatic carbocycles. The average Bonchev–Trinajstić information content (AvgIpc) is 2.60. The monoisotopic (exact) mass is 234 g/mol. The van der Waals surface area contributed by atoms with Gasteiger partial charge in [-0.15, -0.1) is 0 Å². The fourth-order valence-electron chi connectivity index (χ4n) is 1.83. The number of hydrogen-bond acceptors (Lipinski definition) is 4. The van der Waals surface area contributed by atoms with Gasteiger partial charge < -0.3 is 15.0 Å². The lowest BCUT2D eigenvalue weighted by Gasteiger charge is -2.06. The van der Waals surface area contributed by atoms with Crippen molar-refractivity contribution in [1.82, 2.24) is 14.5 Å².